The number of aryl methyl sites for hydroxylation is 1. The molecule has 1 N–H and O–H groups in total. The fraction of sp³-hybridized carbons (Fsp3) is 0.231. The number of nitrogens with one attached hydrogen (secondary N) is 1. The van der Waals surface area contributed by atoms with E-state index in [-0.39, 0.29) is 0 Å². The zero-order chi connectivity index (χ0) is 13.1. The number of hydrogen-bond acceptors (Lipinski definition) is 4. The minimum Gasteiger partial charge on any atom is -0.497 e. The fourth-order valence-corrected chi connectivity index (χ4v) is 1.91. The van der Waals surface area contributed by atoms with Gasteiger partial charge in [-0.2, -0.15) is 5.10 Å². The largest absolute Gasteiger partial charge is 0.497 e. The number of carbonyl (C=O) groups excluding carboxylic acids is 1. The minimum atomic E-state index is 0.501. The molecule has 0 aliphatic carbocycles. The van der Waals surface area contributed by atoms with E-state index in [9.17, 15) is 4.79 Å². The molecule has 2 rings (SSSR count). The van der Waals surface area contributed by atoms with E-state index in [1.807, 2.05) is 13.0 Å². The molecule has 0 fully saturated rings. The molecule has 5 heteroatoms. The van der Waals surface area contributed by atoms with Gasteiger partial charge in [0, 0.05) is 11.6 Å². The van der Waals surface area contributed by atoms with E-state index in [1.165, 1.54) is 6.20 Å². The van der Waals surface area contributed by atoms with Crippen molar-refractivity contribution in [2.75, 3.05) is 14.2 Å². The third kappa shape index (κ3) is 1.95. The molecular weight excluding hydrogens is 232 g/mol. The van der Waals surface area contributed by atoms with Crippen LogP contribution in [0.2, 0.25) is 0 Å². The molecule has 0 saturated heterocycles. The summed E-state index contributed by atoms with van der Waals surface area (Å²) < 4.78 is 10.5. The van der Waals surface area contributed by atoms with E-state index in [0.29, 0.717) is 22.8 Å². The van der Waals surface area contributed by atoms with E-state index in [1.54, 1.807) is 20.3 Å². The highest BCUT2D eigenvalue weighted by atomic mass is 16.5. The summed E-state index contributed by atoms with van der Waals surface area (Å²) >= 11 is 0. The lowest BCUT2D eigenvalue weighted by molar-refractivity contribution is 0.112. The number of aromatic nitrogens is 2. The van der Waals surface area contributed by atoms with Crippen molar-refractivity contribution in [3.8, 4) is 22.8 Å². The van der Waals surface area contributed by atoms with Crippen molar-refractivity contribution >= 4 is 6.29 Å². The predicted molar refractivity (Wildman–Crippen MR) is 67.3 cm³/mol. The SMILES string of the molecule is COc1cc(C)c(-c2[nH]ncc2C=O)c(OC)c1. The van der Waals surface area contributed by atoms with Gasteiger partial charge in [-0.25, -0.2) is 0 Å². The summed E-state index contributed by atoms with van der Waals surface area (Å²) in [5.41, 5.74) is 2.92. The van der Waals surface area contributed by atoms with Gasteiger partial charge in [0.05, 0.1) is 31.7 Å². The van der Waals surface area contributed by atoms with Crippen LogP contribution in [-0.4, -0.2) is 30.7 Å². The first-order chi connectivity index (χ1) is 8.71. The van der Waals surface area contributed by atoms with Crippen molar-refractivity contribution in [3.63, 3.8) is 0 Å². The van der Waals surface area contributed by atoms with E-state index in [2.05, 4.69) is 10.2 Å². The van der Waals surface area contributed by atoms with Gasteiger partial charge in [0.15, 0.2) is 6.29 Å². The Kier molecular flexibility index (Phi) is 3.32. The molecule has 0 bridgehead atoms. The Balaban J connectivity index is 2.66. The number of carbonyl (C=O) groups is 1. The van der Waals surface area contributed by atoms with Crippen molar-refractivity contribution in [1.82, 2.24) is 10.2 Å². The zero-order valence-corrected chi connectivity index (χ0v) is 10.5. The highest BCUT2D eigenvalue weighted by Gasteiger charge is 2.16. The third-order valence-corrected chi connectivity index (χ3v) is 2.77. The second-order valence-corrected chi connectivity index (χ2v) is 3.84. The number of methoxy groups -OCH3 is 2. The molecule has 0 radical (unpaired) electrons. The zero-order valence-electron chi connectivity index (χ0n) is 10.5. The Bertz CT molecular complexity index is 576. The number of ether oxygens (including phenoxy) is 2. The number of aromatic amines is 1. The lowest BCUT2D eigenvalue weighted by atomic mass is 10.0. The smallest absolute Gasteiger partial charge is 0.153 e. The first-order valence-electron chi connectivity index (χ1n) is 5.42. The molecule has 0 aliphatic rings. The van der Waals surface area contributed by atoms with Crippen molar-refractivity contribution < 1.29 is 14.3 Å². The summed E-state index contributed by atoms with van der Waals surface area (Å²) in [6, 6.07) is 3.66. The average Bonchev–Trinajstić information content (AvgIpc) is 2.85. The lowest BCUT2D eigenvalue weighted by Gasteiger charge is -2.13. The van der Waals surface area contributed by atoms with Gasteiger partial charge in [-0.1, -0.05) is 0 Å². The van der Waals surface area contributed by atoms with Crippen molar-refractivity contribution in [2.45, 2.75) is 6.92 Å². The van der Waals surface area contributed by atoms with Crippen molar-refractivity contribution in [3.05, 3.63) is 29.5 Å². The molecular formula is C13H14N2O3. The molecule has 1 aromatic heterocycles. The Morgan fingerprint density at radius 3 is 2.67 bits per heavy atom. The lowest BCUT2D eigenvalue weighted by Crippen LogP contribution is -1.95. The number of H-pyrrole nitrogens is 1. The van der Waals surface area contributed by atoms with Crippen LogP contribution >= 0.6 is 0 Å². The maximum atomic E-state index is 11.0. The number of nitrogens with zero attached hydrogens (tertiary/aromatic N) is 1. The summed E-state index contributed by atoms with van der Waals surface area (Å²) in [7, 11) is 3.18. The molecule has 94 valence electrons. The van der Waals surface area contributed by atoms with Crippen molar-refractivity contribution in [2.24, 2.45) is 0 Å². The quantitative estimate of drug-likeness (QED) is 0.840. The summed E-state index contributed by atoms with van der Waals surface area (Å²) in [6.07, 6.45) is 2.26. The Labute approximate surface area is 105 Å². The van der Waals surface area contributed by atoms with Crippen LogP contribution in [0.3, 0.4) is 0 Å². The summed E-state index contributed by atoms with van der Waals surface area (Å²) in [5, 5.41) is 6.71. The second kappa shape index (κ2) is 4.91. The highest BCUT2D eigenvalue weighted by molar-refractivity contribution is 5.88. The number of aldehydes is 1. The van der Waals surface area contributed by atoms with Gasteiger partial charge < -0.3 is 9.47 Å². The Morgan fingerprint density at radius 2 is 2.06 bits per heavy atom. The van der Waals surface area contributed by atoms with Crippen LogP contribution in [0, 0.1) is 6.92 Å². The molecule has 0 saturated carbocycles. The van der Waals surface area contributed by atoms with Gasteiger partial charge in [-0.3, -0.25) is 9.89 Å². The van der Waals surface area contributed by atoms with Gasteiger partial charge in [0.2, 0.25) is 0 Å². The van der Waals surface area contributed by atoms with Crippen LogP contribution in [0.4, 0.5) is 0 Å². The summed E-state index contributed by atoms with van der Waals surface area (Å²) in [5.74, 6) is 1.35. The molecule has 0 aliphatic heterocycles. The fourth-order valence-electron chi connectivity index (χ4n) is 1.91. The molecule has 0 unspecified atom stereocenters. The van der Waals surface area contributed by atoms with E-state index >= 15 is 0 Å². The number of hydrogen-bond donors (Lipinski definition) is 1. The maximum Gasteiger partial charge on any atom is 0.153 e. The number of rotatable bonds is 4. The monoisotopic (exact) mass is 246 g/mol. The van der Waals surface area contributed by atoms with E-state index < -0.39 is 0 Å². The maximum absolute atomic E-state index is 11.0. The highest BCUT2D eigenvalue weighted by Crippen LogP contribution is 2.36. The Hall–Kier alpha value is -2.30. The van der Waals surface area contributed by atoms with Crippen LogP contribution in [-0.2, 0) is 0 Å². The van der Waals surface area contributed by atoms with Gasteiger partial charge >= 0.3 is 0 Å². The second-order valence-electron chi connectivity index (χ2n) is 3.84. The van der Waals surface area contributed by atoms with E-state index in [4.69, 9.17) is 9.47 Å². The topological polar surface area (TPSA) is 64.2 Å². The van der Waals surface area contributed by atoms with Gasteiger partial charge in [0.25, 0.3) is 0 Å². The molecule has 0 atom stereocenters. The third-order valence-electron chi connectivity index (χ3n) is 2.77. The molecule has 1 heterocycles. The summed E-state index contributed by atoms with van der Waals surface area (Å²) in [6.45, 7) is 1.93. The molecule has 18 heavy (non-hydrogen) atoms. The van der Waals surface area contributed by atoms with Crippen LogP contribution in [0.5, 0.6) is 11.5 Å². The molecule has 0 spiro atoms. The Morgan fingerprint density at radius 1 is 1.28 bits per heavy atom. The molecule has 5 nitrogen and oxygen atoms in total. The van der Waals surface area contributed by atoms with Gasteiger partial charge in [0.1, 0.15) is 11.5 Å². The standard InChI is InChI=1S/C13H14N2O3/c1-8-4-10(17-2)5-11(18-3)12(8)13-9(7-16)6-14-15-13/h4-7H,1-3H3,(H,14,15). The first kappa shape index (κ1) is 12.2. The molecule has 2 aromatic rings. The minimum absolute atomic E-state index is 0.501. The number of benzene rings is 1. The van der Waals surface area contributed by atoms with Crippen molar-refractivity contribution in [1.29, 1.82) is 0 Å². The van der Waals surface area contributed by atoms with Crippen LogP contribution in [0.25, 0.3) is 11.3 Å². The van der Waals surface area contributed by atoms with Crippen LogP contribution < -0.4 is 9.47 Å². The van der Waals surface area contributed by atoms with Crippen LogP contribution in [0.15, 0.2) is 18.3 Å². The van der Waals surface area contributed by atoms with Crippen LogP contribution in [0.1, 0.15) is 15.9 Å². The average molecular weight is 246 g/mol. The van der Waals surface area contributed by atoms with Gasteiger partial charge in [-0.15, -0.1) is 0 Å². The predicted octanol–water partition coefficient (Wildman–Crippen LogP) is 2.21. The summed E-state index contributed by atoms with van der Waals surface area (Å²) in [4.78, 5) is 11.0. The normalized spacial score (nSPS) is 10.2. The van der Waals surface area contributed by atoms with Gasteiger partial charge in [-0.05, 0) is 18.6 Å². The first-order valence-corrected chi connectivity index (χ1v) is 5.42. The van der Waals surface area contributed by atoms with E-state index in [0.717, 1.165) is 17.4 Å². The molecule has 0 amide bonds. The molecule has 1 aromatic carbocycles.